The first-order valence-corrected chi connectivity index (χ1v) is 1.35. The summed E-state index contributed by atoms with van der Waals surface area (Å²) < 4.78 is 0. The number of rotatable bonds is 1. The third kappa shape index (κ3) is 3.30. The van der Waals surface area contributed by atoms with Gasteiger partial charge in [-0.15, -0.1) is 0 Å². The van der Waals surface area contributed by atoms with E-state index in [2.05, 4.69) is 5.92 Å². The predicted molar refractivity (Wildman–Crippen MR) is 20.6 cm³/mol. The van der Waals surface area contributed by atoms with Crippen molar-refractivity contribution in [3.8, 4) is 5.92 Å². The van der Waals surface area contributed by atoms with Crippen LogP contribution in [0.4, 0.5) is 0 Å². The quantitative estimate of drug-likeness (QED) is 0.398. The van der Waals surface area contributed by atoms with E-state index in [1.807, 2.05) is 0 Å². The second-order valence-electron chi connectivity index (χ2n) is 0.617. The Morgan fingerprint density at radius 2 is 2.60 bits per heavy atom. The van der Waals surface area contributed by atoms with Gasteiger partial charge in [0.2, 0.25) is 0 Å². The summed E-state index contributed by atoms with van der Waals surface area (Å²) in [6, 6.07) is 0. The molecule has 0 fully saturated rings. The summed E-state index contributed by atoms with van der Waals surface area (Å²) in [5, 5.41) is 0. The zero-order valence-corrected chi connectivity index (χ0v) is 2.86. The molecule has 0 amide bonds. The zero-order valence-electron chi connectivity index (χ0n) is 2.86. The molecule has 0 aromatic heterocycles. The van der Waals surface area contributed by atoms with Crippen LogP contribution < -0.4 is 0 Å². The molecule has 0 unspecified atom stereocenters. The second kappa shape index (κ2) is 3.30. The summed E-state index contributed by atoms with van der Waals surface area (Å²) in [7, 11) is 0. The molecular weight excluding hydrogens is 60.1 g/mol. The molecule has 0 heterocycles. The molecule has 0 aliphatic carbocycles. The van der Waals surface area contributed by atoms with Crippen molar-refractivity contribution in [1.82, 2.24) is 0 Å². The first-order chi connectivity index (χ1) is 2.41. The van der Waals surface area contributed by atoms with Gasteiger partial charge in [0.15, 0.2) is 0 Å². The Labute approximate surface area is 32.5 Å². The van der Waals surface area contributed by atoms with Gasteiger partial charge in [-0.1, -0.05) is 18.6 Å². The fraction of sp³-hybridized carbons (Fsp3) is 0.200. The Kier molecular flexibility index (Phi) is 2.84. The van der Waals surface area contributed by atoms with Crippen molar-refractivity contribution >= 4 is 0 Å². The Hall–Kier alpha value is -0.700. The van der Waals surface area contributed by atoms with Gasteiger partial charge in [-0.2, -0.15) is 0 Å². The Balaban J connectivity index is 2.75. The highest BCUT2D eigenvalue weighted by Crippen LogP contribution is 1.67. The minimum Gasteiger partial charge on any atom is -0.0849 e. The molecular formula is C5H4. The first-order valence-electron chi connectivity index (χ1n) is 1.35. The second-order valence-corrected chi connectivity index (χ2v) is 0.617. The highest BCUT2D eigenvalue weighted by molar-refractivity contribution is 4.84. The molecule has 0 saturated carbocycles. The fourth-order valence-corrected chi connectivity index (χ4v) is 0.0589. The fourth-order valence-electron chi connectivity index (χ4n) is 0.0589. The predicted octanol–water partition coefficient (Wildman–Crippen LogP) is 0.955. The summed E-state index contributed by atoms with van der Waals surface area (Å²) in [5.41, 5.74) is 0. The highest BCUT2D eigenvalue weighted by atomic mass is 13.6. The van der Waals surface area contributed by atoms with Gasteiger partial charge < -0.3 is 0 Å². The lowest BCUT2D eigenvalue weighted by atomic mass is 10.5. The SMILES string of the molecule is [C]#CCC=[CH]. The maximum Gasteiger partial charge on any atom is 0.0283 e. The van der Waals surface area contributed by atoms with Crippen LogP contribution in [0, 0.1) is 18.9 Å². The summed E-state index contributed by atoms with van der Waals surface area (Å²) in [4.78, 5) is 0. The van der Waals surface area contributed by atoms with E-state index in [9.17, 15) is 0 Å². The average molecular weight is 64.1 g/mol. The van der Waals surface area contributed by atoms with Gasteiger partial charge in [-0.3, -0.25) is 0 Å². The van der Waals surface area contributed by atoms with Gasteiger partial charge >= 0.3 is 0 Å². The van der Waals surface area contributed by atoms with Gasteiger partial charge in [-0.05, 0) is 6.42 Å². The van der Waals surface area contributed by atoms with Crippen molar-refractivity contribution in [3.05, 3.63) is 19.1 Å². The van der Waals surface area contributed by atoms with Crippen LogP contribution in [-0.2, 0) is 0 Å². The van der Waals surface area contributed by atoms with Crippen LogP contribution in [0.3, 0.4) is 0 Å². The van der Waals surface area contributed by atoms with Crippen molar-refractivity contribution < 1.29 is 0 Å². The molecule has 0 atom stereocenters. The van der Waals surface area contributed by atoms with E-state index in [1.54, 1.807) is 0 Å². The molecule has 0 aromatic rings. The molecule has 0 saturated heterocycles. The van der Waals surface area contributed by atoms with Gasteiger partial charge in [0.25, 0.3) is 0 Å². The van der Waals surface area contributed by atoms with E-state index < -0.39 is 0 Å². The third-order valence-electron chi connectivity index (χ3n) is 0.220. The Morgan fingerprint density at radius 1 is 2.00 bits per heavy atom. The molecule has 0 spiro atoms. The third-order valence-corrected chi connectivity index (χ3v) is 0.220. The Bertz CT molecular complexity index is 54.9. The highest BCUT2D eigenvalue weighted by Gasteiger charge is 1.53. The maximum absolute atomic E-state index is 6.24. The minimum absolute atomic E-state index is 0.458. The molecule has 0 rings (SSSR count). The van der Waals surface area contributed by atoms with Crippen LogP contribution in [0.5, 0.6) is 0 Å². The van der Waals surface area contributed by atoms with Crippen molar-refractivity contribution in [2.24, 2.45) is 0 Å². The molecule has 2 radical (unpaired) electrons. The first kappa shape index (κ1) is 4.30. The monoisotopic (exact) mass is 64.0 g/mol. The molecule has 0 N–H and O–H groups in total. The summed E-state index contributed by atoms with van der Waals surface area (Å²) in [5.74, 6) is 2.09. The van der Waals surface area contributed by atoms with Gasteiger partial charge in [0.05, 0.1) is 0 Å². The maximum atomic E-state index is 6.24. The lowest BCUT2D eigenvalue weighted by molar-refractivity contribution is 1.48. The van der Waals surface area contributed by atoms with E-state index in [1.165, 1.54) is 6.08 Å². The van der Waals surface area contributed by atoms with Crippen molar-refractivity contribution in [2.75, 3.05) is 0 Å². The average Bonchev–Trinajstić information content (AvgIpc) is 1.41. The van der Waals surface area contributed by atoms with Crippen molar-refractivity contribution in [2.45, 2.75) is 6.42 Å². The van der Waals surface area contributed by atoms with Gasteiger partial charge in [0, 0.05) is 6.42 Å². The van der Waals surface area contributed by atoms with E-state index in [0.717, 1.165) is 0 Å². The van der Waals surface area contributed by atoms with Crippen LogP contribution in [0.1, 0.15) is 6.42 Å². The summed E-state index contributed by atoms with van der Waals surface area (Å²) in [6.07, 6.45) is 8.08. The molecule has 0 nitrogen and oxygen atoms in total. The lowest BCUT2D eigenvalue weighted by Gasteiger charge is -1.59. The molecule has 0 aliphatic heterocycles. The van der Waals surface area contributed by atoms with Gasteiger partial charge in [-0.25, -0.2) is 0 Å². The zero-order chi connectivity index (χ0) is 4.12. The van der Waals surface area contributed by atoms with Crippen LogP contribution in [-0.4, -0.2) is 0 Å². The molecule has 0 bridgehead atoms. The lowest BCUT2D eigenvalue weighted by Crippen LogP contribution is -1.45. The Morgan fingerprint density at radius 3 is 2.60 bits per heavy atom. The van der Waals surface area contributed by atoms with E-state index in [4.69, 9.17) is 13.0 Å². The molecule has 0 heteroatoms. The standard InChI is InChI=1S/C5H4/c1-3-5-4-2/h1,3H,5H2. The van der Waals surface area contributed by atoms with Gasteiger partial charge in [0.1, 0.15) is 0 Å². The normalized spacial score (nSPS) is 5.40. The molecule has 0 aliphatic rings. The van der Waals surface area contributed by atoms with Crippen molar-refractivity contribution in [3.63, 3.8) is 0 Å². The molecule has 0 aromatic carbocycles. The summed E-state index contributed by atoms with van der Waals surface area (Å²) >= 11 is 0. The van der Waals surface area contributed by atoms with Crippen LogP contribution in [0.2, 0.25) is 0 Å². The topological polar surface area (TPSA) is 0 Å². The van der Waals surface area contributed by atoms with Crippen molar-refractivity contribution in [1.29, 1.82) is 0 Å². The summed E-state index contributed by atoms with van der Waals surface area (Å²) in [6.45, 7) is 4.83. The molecule has 24 valence electrons. The number of hydrogen-bond donors (Lipinski definition) is 0. The van der Waals surface area contributed by atoms with E-state index >= 15 is 0 Å². The van der Waals surface area contributed by atoms with E-state index in [0.29, 0.717) is 6.42 Å². The largest absolute Gasteiger partial charge is 0.0849 e. The van der Waals surface area contributed by atoms with E-state index in [-0.39, 0.29) is 0 Å². The van der Waals surface area contributed by atoms with Crippen LogP contribution >= 0.6 is 0 Å². The van der Waals surface area contributed by atoms with Crippen LogP contribution in [0.25, 0.3) is 0 Å². The number of hydrogen-bond acceptors (Lipinski definition) is 0. The molecule has 5 heavy (non-hydrogen) atoms. The van der Waals surface area contributed by atoms with Crippen LogP contribution in [0.15, 0.2) is 6.08 Å². The minimum atomic E-state index is 0.458. The number of allylic oxidation sites excluding steroid dienone is 1. The smallest absolute Gasteiger partial charge is 0.0283 e.